The zero-order valence-corrected chi connectivity index (χ0v) is 8.22. The molecule has 1 saturated heterocycles. The Hall–Kier alpha value is -0.0400. The molecule has 11 heavy (non-hydrogen) atoms. The van der Waals surface area contributed by atoms with E-state index in [-0.39, 0.29) is 0 Å². The lowest BCUT2D eigenvalue weighted by molar-refractivity contribution is 0.325. The molecule has 0 radical (unpaired) electrons. The molecule has 1 heteroatoms. The third-order valence-corrected chi connectivity index (χ3v) is 2.88. The van der Waals surface area contributed by atoms with Crippen LogP contribution in [0, 0.1) is 17.8 Å². The van der Waals surface area contributed by atoms with Gasteiger partial charge >= 0.3 is 0 Å². The largest absolute Gasteiger partial charge is 0.314 e. The Balaban J connectivity index is 2.41. The average molecular weight is 155 g/mol. The number of hydrogen-bond donors (Lipinski definition) is 1. The second kappa shape index (κ2) is 3.57. The lowest BCUT2D eigenvalue weighted by atomic mass is 9.85. The van der Waals surface area contributed by atoms with Gasteiger partial charge in [0.2, 0.25) is 0 Å². The van der Waals surface area contributed by atoms with Crippen LogP contribution in [0.15, 0.2) is 0 Å². The molecule has 66 valence electrons. The molecule has 1 N–H and O–H groups in total. The summed E-state index contributed by atoms with van der Waals surface area (Å²) < 4.78 is 0. The van der Waals surface area contributed by atoms with Crippen LogP contribution in [-0.4, -0.2) is 12.6 Å². The third kappa shape index (κ3) is 2.19. The van der Waals surface area contributed by atoms with Gasteiger partial charge < -0.3 is 5.32 Å². The van der Waals surface area contributed by atoms with Gasteiger partial charge in [0.25, 0.3) is 0 Å². The molecule has 1 heterocycles. The summed E-state index contributed by atoms with van der Waals surface area (Å²) in [4.78, 5) is 0. The van der Waals surface area contributed by atoms with Crippen molar-refractivity contribution in [3.8, 4) is 0 Å². The first-order valence-corrected chi connectivity index (χ1v) is 4.84. The highest BCUT2D eigenvalue weighted by Gasteiger charge is 2.29. The normalized spacial score (nSPS) is 38.5. The molecule has 1 aliphatic heterocycles. The standard InChI is InChI=1S/C10H21N/c1-7(2)5-10-8(3)6-11-9(10)4/h7-11H,5-6H2,1-4H3. The molecule has 1 fully saturated rings. The Kier molecular flexibility index (Phi) is 2.94. The lowest BCUT2D eigenvalue weighted by Crippen LogP contribution is -2.24. The van der Waals surface area contributed by atoms with Gasteiger partial charge in [0.05, 0.1) is 0 Å². The fraction of sp³-hybridized carbons (Fsp3) is 1.00. The molecular formula is C10H21N. The minimum atomic E-state index is 0.743. The second-order valence-electron chi connectivity index (χ2n) is 4.47. The summed E-state index contributed by atoms with van der Waals surface area (Å²) in [6.45, 7) is 10.5. The van der Waals surface area contributed by atoms with Crippen LogP contribution in [0.4, 0.5) is 0 Å². The SMILES string of the molecule is CC(C)CC1C(C)CNC1C. The molecule has 0 aromatic rings. The van der Waals surface area contributed by atoms with E-state index in [4.69, 9.17) is 0 Å². The average Bonchev–Trinajstić information content (AvgIpc) is 2.18. The van der Waals surface area contributed by atoms with E-state index in [1.807, 2.05) is 0 Å². The summed E-state index contributed by atoms with van der Waals surface area (Å²) in [5, 5.41) is 3.52. The summed E-state index contributed by atoms with van der Waals surface area (Å²) in [5.74, 6) is 2.65. The molecule has 3 atom stereocenters. The van der Waals surface area contributed by atoms with Crippen LogP contribution in [0.5, 0.6) is 0 Å². The predicted octanol–water partition coefficient (Wildman–Crippen LogP) is 2.28. The first-order valence-electron chi connectivity index (χ1n) is 4.84. The summed E-state index contributed by atoms with van der Waals surface area (Å²) in [6, 6.07) is 0.743. The van der Waals surface area contributed by atoms with Crippen molar-refractivity contribution in [2.45, 2.75) is 40.2 Å². The molecule has 0 aromatic heterocycles. The molecule has 1 aliphatic rings. The summed E-state index contributed by atoms with van der Waals surface area (Å²) in [7, 11) is 0. The highest BCUT2D eigenvalue weighted by Crippen LogP contribution is 2.27. The van der Waals surface area contributed by atoms with Crippen molar-refractivity contribution in [2.75, 3.05) is 6.54 Å². The number of nitrogens with one attached hydrogen (secondary N) is 1. The van der Waals surface area contributed by atoms with Gasteiger partial charge in [0.1, 0.15) is 0 Å². The first-order chi connectivity index (χ1) is 5.11. The second-order valence-corrected chi connectivity index (χ2v) is 4.47. The van der Waals surface area contributed by atoms with Crippen LogP contribution in [0.1, 0.15) is 34.1 Å². The molecule has 1 nitrogen and oxygen atoms in total. The van der Waals surface area contributed by atoms with Crippen molar-refractivity contribution < 1.29 is 0 Å². The summed E-state index contributed by atoms with van der Waals surface area (Å²) >= 11 is 0. The van der Waals surface area contributed by atoms with Crippen LogP contribution in [0.3, 0.4) is 0 Å². The van der Waals surface area contributed by atoms with Crippen LogP contribution in [0.2, 0.25) is 0 Å². The molecule has 0 spiro atoms. The molecule has 0 saturated carbocycles. The highest BCUT2D eigenvalue weighted by atomic mass is 15.0. The van der Waals surface area contributed by atoms with E-state index in [0.29, 0.717) is 0 Å². The highest BCUT2D eigenvalue weighted by molar-refractivity contribution is 4.85. The zero-order chi connectivity index (χ0) is 8.43. The van der Waals surface area contributed by atoms with Gasteiger partial charge in [-0.1, -0.05) is 20.8 Å². The van der Waals surface area contributed by atoms with E-state index in [1.165, 1.54) is 13.0 Å². The maximum absolute atomic E-state index is 3.52. The third-order valence-electron chi connectivity index (χ3n) is 2.88. The Bertz CT molecular complexity index is 110. The monoisotopic (exact) mass is 155 g/mol. The van der Waals surface area contributed by atoms with Crippen molar-refractivity contribution in [2.24, 2.45) is 17.8 Å². The van der Waals surface area contributed by atoms with Crippen molar-refractivity contribution in [3.63, 3.8) is 0 Å². The molecule has 0 amide bonds. The van der Waals surface area contributed by atoms with Crippen LogP contribution >= 0.6 is 0 Å². The van der Waals surface area contributed by atoms with Crippen LogP contribution < -0.4 is 5.32 Å². The van der Waals surface area contributed by atoms with Gasteiger partial charge in [-0.05, 0) is 37.6 Å². The maximum Gasteiger partial charge on any atom is 0.00702 e. The van der Waals surface area contributed by atoms with E-state index >= 15 is 0 Å². The fourth-order valence-electron chi connectivity index (χ4n) is 2.15. The Morgan fingerprint density at radius 2 is 2.00 bits per heavy atom. The minimum absolute atomic E-state index is 0.743. The van der Waals surface area contributed by atoms with Gasteiger partial charge in [-0.2, -0.15) is 0 Å². The molecule has 1 rings (SSSR count). The first kappa shape index (κ1) is 9.05. The number of rotatable bonds is 2. The van der Waals surface area contributed by atoms with E-state index in [2.05, 4.69) is 33.0 Å². The van der Waals surface area contributed by atoms with E-state index in [0.717, 1.165) is 23.8 Å². The minimum Gasteiger partial charge on any atom is -0.314 e. The summed E-state index contributed by atoms with van der Waals surface area (Å²) in [5.41, 5.74) is 0. The molecule has 0 aromatic carbocycles. The van der Waals surface area contributed by atoms with Crippen molar-refractivity contribution in [3.05, 3.63) is 0 Å². The van der Waals surface area contributed by atoms with E-state index in [1.54, 1.807) is 0 Å². The van der Waals surface area contributed by atoms with Gasteiger partial charge in [0.15, 0.2) is 0 Å². The van der Waals surface area contributed by atoms with E-state index in [9.17, 15) is 0 Å². The molecule has 0 aliphatic carbocycles. The topological polar surface area (TPSA) is 12.0 Å². The van der Waals surface area contributed by atoms with Crippen LogP contribution in [0.25, 0.3) is 0 Å². The summed E-state index contributed by atoms with van der Waals surface area (Å²) in [6.07, 6.45) is 1.38. The lowest BCUT2D eigenvalue weighted by Gasteiger charge is -2.20. The Morgan fingerprint density at radius 1 is 1.36 bits per heavy atom. The Labute approximate surface area is 70.6 Å². The maximum atomic E-state index is 3.52. The van der Waals surface area contributed by atoms with Crippen molar-refractivity contribution in [1.29, 1.82) is 0 Å². The van der Waals surface area contributed by atoms with Crippen molar-refractivity contribution >= 4 is 0 Å². The van der Waals surface area contributed by atoms with Gasteiger partial charge in [0, 0.05) is 6.04 Å². The fourth-order valence-corrected chi connectivity index (χ4v) is 2.15. The van der Waals surface area contributed by atoms with Gasteiger partial charge in [-0.3, -0.25) is 0 Å². The van der Waals surface area contributed by atoms with Crippen LogP contribution in [-0.2, 0) is 0 Å². The van der Waals surface area contributed by atoms with E-state index < -0.39 is 0 Å². The zero-order valence-electron chi connectivity index (χ0n) is 8.22. The van der Waals surface area contributed by atoms with Gasteiger partial charge in [-0.15, -0.1) is 0 Å². The molecular weight excluding hydrogens is 134 g/mol. The number of hydrogen-bond acceptors (Lipinski definition) is 1. The molecule has 3 unspecified atom stereocenters. The van der Waals surface area contributed by atoms with Gasteiger partial charge in [-0.25, -0.2) is 0 Å². The Morgan fingerprint density at radius 3 is 2.36 bits per heavy atom. The quantitative estimate of drug-likeness (QED) is 0.645. The smallest absolute Gasteiger partial charge is 0.00702 e. The predicted molar refractivity (Wildman–Crippen MR) is 49.6 cm³/mol. The van der Waals surface area contributed by atoms with Crippen molar-refractivity contribution in [1.82, 2.24) is 5.32 Å². The molecule has 0 bridgehead atoms.